The van der Waals surface area contributed by atoms with Crippen LogP contribution in [0.4, 0.5) is 0 Å². The maximum Gasteiger partial charge on any atom is 0.339 e. The van der Waals surface area contributed by atoms with Crippen LogP contribution in [-0.4, -0.2) is 47.6 Å². The number of unbranched alkanes of at least 4 members (excludes halogenated alkanes) is 2. The van der Waals surface area contributed by atoms with Crippen molar-refractivity contribution in [2.75, 3.05) is 13.2 Å². The van der Waals surface area contributed by atoms with Crippen molar-refractivity contribution in [2.45, 2.75) is 64.6 Å². The van der Waals surface area contributed by atoms with Crippen molar-refractivity contribution in [1.29, 1.82) is 0 Å². The summed E-state index contributed by atoms with van der Waals surface area (Å²) in [6, 6.07) is 10.5. The fourth-order valence-electron chi connectivity index (χ4n) is 3.20. The molecule has 0 saturated heterocycles. The zero-order valence-electron chi connectivity index (χ0n) is 17.8. The third-order valence-electron chi connectivity index (χ3n) is 4.95. The molecular weight excluding hydrogens is 384 g/mol. The maximum absolute atomic E-state index is 12.9. The molecule has 2 aromatic rings. The standard InChI is InChI=1S/C24H32O6/c1-3-5-10-18(25)15-29-23(27)21-14-13-17-9-7-8-12-20(17)22(21)24(28)30-16-19(26)11-6-4-2/h7-9,12-14,18-19,25-26H,3-6,10-11,15-16H2,1-2H3. The lowest BCUT2D eigenvalue weighted by atomic mass is 9.99. The van der Waals surface area contributed by atoms with E-state index in [1.807, 2.05) is 26.0 Å². The molecule has 0 spiro atoms. The first-order valence-electron chi connectivity index (χ1n) is 10.7. The van der Waals surface area contributed by atoms with Crippen molar-refractivity contribution >= 4 is 22.7 Å². The van der Waals surface area contributed by atoms with Gasteiger partial charge in [-0.15, -0.1) is 0 Å². The van der Waals surface area contributed by atoms with E-state index in [1.54, 1.807) is 18.2 Å². The summed E-state index contributed by atoms with van der Waals surface area (Å²) in [6.07, 6.45) is 3.17. The minimum atomic E-state index is -0.743. The highest BCUT2D eigenvalue weighted by Crippen LogP contribution is 2.24. The molecule has 2 rings (SSSR count). The summed E-state index contributed by atoms with van der Waals surface area (Å²) in [5.41, 5.74) is 0.202. The van der Waals surface area contributed by atoms with Crippen LogP contribution in [-0.2, 0) is 9.47 Å². The lowest BCUT2D eigenvalue weighted by molar-refractivity contribution is 0.0199. The second-order valence-electron chi connectivity index (χ2n) is 7.50. The summed E-state index contributed by atoms with van der Waals surface area (Å²) in [5, 5.41) is 21.3. The van der Waals surface area contributed by atoms with Crippen LogP contribution in [0.5, 0.6) is 0 Å². The molecule has 2 N–H and O–H groups in total. The van der Waals surface area contributed by atoms with Crippen LogP contribution in [0.2, 0.25) is 0 Å². The number of aliphatic hydroxyl groups excluding tert-OH is 2. The highest BCUT2D eigenvalue weighted by atomic mass is 16.5. The zero-order valence-corrected chi connectivity index (χ0v) is 17.8. The smallest absolute Gasteiger partial charge is 0.339 e. The van der Waals surface area contributed by atoms with Gasteiger partial charge in [-0.3, -0.25) is 0 Å². The van der Waals surface area contributed by atoms with Gasteiger partial charge in [-0.05, 0) is 29.7 Å². The minimum Gasteiger partial charge on any atom is -0.459 e. The van der Waals surface area contributed by atoms with Crippen molar-refractivity contribution in [3.05, 3.63) is 47.5 Å². The first-order valence-corrected chi connectivity index (χ1v) is 10.7. The number of esters is 2. The van der Waals surface area contributed by atoms with Gasteiger partial charge in [-0.25, -0.2) is 9.59 Å². The first-order chi connectivity index (χ1) is 14.5. The Morgan fingerprint density at radius 3 is 2.00 bits per heavy atom. The summed E-state index contributed by atoms with van der Waals surface area (Å²) >= 11 is 0. The van der Waals surface area contributed by atoms with Crippen molar-refractivity contribution < 1.29 is 29.3 Å². The summed E-state index contributed by atoms with van der Waals surface area (Å²) in [6.45, 7) is 3.78. The molecule has 0 bridgehead atoms. The van der Waals surface area contributed by atoms with Crippen LogP contribution in [0, 0.1) is 0 Å². The average molecular weight is 417 g/mol. The number of ether oxygens (including phenoxy) is 2. The van der Waals surface area contributed by atoms with Crippen molar-refractivity contribution in [3.8, 4) is 0 Å². The monoisotopic (exact) mass is 416 g/mol. The van der Waals surface area contributed by atoms with Gasteiger partial charge in [0.05, 0.1) is 23.3 Å². The number of fused-ring (bicyclic) bond motifs is 1. The fourth-order valence-corrected chi connectivity index (χ4v) is 3.20. The van der Waals surface area contributed by atoms with Crippen LogP contribution in [0.3, 0.4) is 0 Å². The number of benzene rings is 2. The molecule has 164 valence electrons. The molecule has 0 aliphatic rings. The van der Waals surface area contributed by atoms with Crippen molar-refractivity contribution in [3.63, 3.8) is 0 Å². The third kappa shape index (κ3) is 6.82. The molecule has 2 unspecified atom stereocenters. The van der Waals surface area contributed by atoms with E-state index >= 15 is 0 Å². The van der Waals surface area contributed by atoms with Crippen molar-refractivity contribution in [2.24, 2.45) is 0 Å². The predicted molar refractivity (Wildman–Crippen MR) is 116 cm³/mol. The molecule has 0 aromatic heterocycles. The van der Waals surface area contributed by atoms with Crippen LogP contribution in [0.25, 0.3) is 10.8 Å². The van der Waals surface area contributed by atoms with E-state index in [4.69, 9.17) is 9.47 Å². The quantitative estimate of drug-likeness (QED) is 0.502. The number of carbonyl (C=O) groups excluding carboxylic acids is 2. The molecule has 2 aromatic carbocycles. The highest BCUT2D eigenvalue weighted by molar-refractivity contribution is 6.12. The molecule has 0 radical (unpaired) electrons. The molecule has 0 saturated carbocycles. The SMILES string of the molecule is CCCCC(O)COC(=O)c1ccc2ccccc2c1C(=O)OCC(O)CCCC. The number of aliphatic hydroxyl groups is 2. The molecule has 6 heteroatoms. The van der Waals surface area contributed by atoms with E-state index in [0.29, 0.717) is 18.2 Å². The summed E-state index contributed by atoms with van der Waals surface area (Å²) < 4.78 is 10.6. The average Bonchev–Trinajstić information content (AvgIpc) is 2.77. The van der Waals surface area contributed by atoms with Crippen LogP contribution < -0.4 is 0 Å². The van der Waals surface area contributed by atoms with Gasteiger partial charge in [0, 0.05) is 0 Å². The highest BCUT2D eigenvalue weighted by Gasteiger charge is 2.23. The molecule has 0 fully saturated rings. The normalized spacial score (nSPS) is 13.1. The Morgan fingerprint density at radius 2 is 1.40 bits per heavy atom. The van der Waals surface area contributed by atoms with Gasteiger partial charge in [-0.1, -0.05) is 69.9 Å². The second-order valence-corrected chi connectivity index (χ2v) is 7.50. The maximum atomic E-state index is 12.9. The van der Waals surface area contributed by atoms with Gasteiger partial charge in [-0.2, -0.15) is 0 Å². The van der Waals surface area contributed by atoms with E-state index in [0.717, 1.165) is 31.1 Å². The fraction of sp³-hybridized carbons (Fsp3) is 0.500. The van der Waals surface area contributed by atoms with Crippen molar-refractivity contribution in [1.82, 2.24) is 0 Å². The zero-order chi connectivity index (χ0) is 21.9. The number of carbonyl (C=O) groups is 2. The summed E-state index contributed by atoms with van der Waals surface area (Å²) in [5.74, 6) is -1.37. The Bertz CT molecular complexity index is 832. The summed E-state index contributed by atoms with van der Waals surface area (Å²) in [4.78, 5) is 25.5. The number of rotatable bonds is 12. The Balaban J connectivity index is 2.20. The number of hydrogen-bond acceptors (Lipinski definition) is 6. The van der Waals surface area contributed by atoms with Gasteiger partial charge in [0.2, 0.25) is 0 Å². The molecular formula is C24H32O6. The van der Waals surface area contributed by atoms with E-state index in [2.05, 4.69) is 0 Å². The molecule has 6 nitrogen and oxygen atoms in total. The lowest BCUT2D eigenvalue weighted by Gasteiger charge is -2.15. The van der Waals surface area contributed by atoms with E-state index < -0.39 is 24.1 Å². The lowest BCUT2D eigenvalue weighted by Crippen LogP contribution is -2.22. The largest absolute Gasteiger partial charge is 0.459 e. The topological polar surface area (TPSA) is 93.1 Å². The van der Waals surface area contributed by atoms with Crippen LogP contribution >= 0.6 is 0 Å². The van der Waals surface area contributed by atoms with E-state index in [-0.39, 0.29) is 24.3 Å². The molecule has 0 amide bonds. The molecule has 0 aliphatic heterocycles. The third-order valence-corrected chi connectivity index (χ3v) is 4.95. The first kappa shape index (κ1) is 23.8. The Morgan fingerprint density at radius 1 is 0.833 bits per heavy atom. The number of hydrogen-bond donors (Lipinski definition) is 2. The molecule has 2 atom stereocenters. The molecule has 30 heavy (non-hydrogen) atoms. The Hall–Kier alpha value is -2.44. The van der Waals surface area contributed by atoms with Gasteiger partial charge in [0.1, 0.15) is 13.2 Å². The predicted octanol–water partition coefficient (Wildman–Crippen LogP) is 4.26. The second kappa shape index (κ2) is 12.3. The van der Waals surface area contributed by atoms with Gasteiger partial charge in [0.15, 0.2) is 0 Å². The van der Waals surface area contributed by atoms with Gasteiger partial charge < -0.3 is 19.7 Å². The van der Waals surface area contributed by atoms with Crippen LogP contribution in [0.15, 0.2) is 36.4 Å². The molecule has 0 heterocycles. The minimum absolute atomic E-state index is 0.0874. The van der Waals surface area contributed by atoms with E-state index in [9.17, 15) is 19.8 Å². The summed E-state index contributed by atoms with van der Waals surface area (Å²) in [7, 11) is 0. The van der Waals surface area contributed by atoms with Gasteiger partial charge in [0.25, 0.3) is 0 Å². The van der Waals surface area contributed by atoms with E-state index in [1.165, 1.54) is 6.07 Å². The van der Waals surface area contributed by atoms with Gasteiger partial charge >= 0.3 is 11.9 Å². The Labute approximate surface area is 177 Å². The van der Waals surface area contributed by atoms with Crippen LogP contribution in [0.1, 0.15) is 73.1 Å². The Kier molecular flexibility index (Phi) is 9.77. The molecule has 0 aliphatic carbocycles.